The predicted octanol–water partition coefficient (Wildman–Crippen LogP) is 2.56. The summed E-state index contributed by atoms with van der Waals surface area (Å²) in [6, 6.07) is 0. The Labute approximate surface area is 70.7 Å². The van der Waals surface area contributed by atoms with Crippen molar-refractivity contribution >= 4 is 0 Å². The van der Waals surface area contributed by atoms with Crippen molar-refractivity contribution in [1.82, 2.24) is 0 Å². The Morgan fingerprint density at radius 2 is 1.54 bits per heavy atom. The molecule has 0 rings (SSSR count). The highest BCUT2D eigenvalue weighted by Gasteiger charge is 2.57. The minimum absolute atomic E-state index is 0.784. The minimum Gasteiger partial charge on any atom is -0.378 e. The molecule has 0 bridgehead atoms. The summed E-state index contributed by atoms with van der Waals surface area (Å²) in [5, 5.41) is 0. The van der Waals surface area contributed by atoms with Crippen LogP contribution in [-0.2, 0) is 4.74 Å². The van der Waals surface area contributed by atoms with Gasteiger partial charge >= 0.3 is 11.8 Å². The molecule has 0 atom stereocenters. The second-order valence-corrected chi connectivity index (χ2v) is 2.44. The van der Waals surface area contributed by atoms with Crippen LogP contribution in [0.2, 0.25) is 0 Å². The van der Waals surface area contributed by atoms with E-state index >= 15 is 0 Å². The lowest BCUT2D eigenvalue weighted by Gasteiger charge is -2.25. The van der Waals surface area contributed by atoms with E-state index in [1.165, 1.54) is 0 Å². The molecule has 0 saturated heterocycles. The molecule has 1 nitrogen and oxygen atoms in total. The fourth-order valence-electron chi connectivity index (χ4n) is 0.630. The maximum atomic E-state index is 12.4. The molecule has 0 aliphatic heterocycles. The molecular formula is C6H8F6O. The highest BCUT2D eigenvalue weighted by molar-refractivity contribution is 4.85. The van der Waals surface area contributed by atoms with Crippen molar-refractivity contribution in [2.75, 3.05) is 13.7 Å². The van der Waals surface area contributed by atoms with Crippen LogP contribution in [0, 0.1) is 0 Å². The monoisotopic (exact) mass is 210 g/mol. The number of rotatable bonds is 5. The summed E-state index contributed by atoms with van der Waals surface area (Å²) in [5.74, 6) is -9.30. The first-order valence-electron chi connectivity index (χ1n) is 3.25. The predicted molar refractivity (Wildman–Crippen MR) is 32.4 cm³/mol. The Kier molecular flexibility index (Phi) is 4.02. The molecule has 0 heterocycles. The van der Waals surface area contributed by atoms with Gasteiger partial charge in [0.1, 0.15) is 6.61 Å². The Morgan fingerprint density at radius 1 is 1.08 bits per heavy atom. The molecule has 0 fully saturated rings. The number of alkyl halides is 6. The molecule has 0 spiro atoms. The lowest BCUT2D eigenvalue weighted by molar-refractivity contribution is -0.241. The topological polar surface area (TPSA) is 9.23 Å². The zero-order valence-electron chi connectivity index (χ0n) is 6.67. The van der Waals surface area contributed by atoms with E-state index in [9.17, 15) is 26.3 Å². The molecule has 0 aliphatic rings. The fourth-order valence-corrected chi connectivity index (χ4v) is 0.630. The highest BCUT2D eigenvalue weighted by Crippen LogP contribution is 2.38. The second-order valence-electron chi connectivity index (χ2n) is 2.44. The van der Waals surface area contributed by atoms with E-state index < -0.39 is 31.3 Å². The molecule has 13 heavy (non-hydrogen) atoms. The van der Waals surface area contributed by atoms with Gasteiger partial charge in [0, 0.05) is 7.11 Å². The van der Waals surface area contributed by atoms with Gasteiger partial charge < -0.3 is 4.74 Å². The van der Waals surface area contributed by atoms with Crippen LogP contribution < -0.4 is 0 Å². The summed E-state index contributed by atoms with van der Waals surface area (Å²) in [7, 11) is 0.784. The largest absolute Gasteiger partial charge is 0.378 e. The first-order chi connectivity index (χ1) is 5.73. The third-order valence-electron chi connectivity index (χ3n) is 1.27. The number of hydrogen-bond acceptors (Lipinski definition) is 1. The van der Waals surface area contributed by atoms with Crippen molar-refractivity contribution in [3.05, 3.63) is 0 Å². The summed E-state index contributed by atoms with van der Waals surface area (Å²) < 4.78 is 76.1. The normalized spacial score (nSPS) is 13.8. The first-order valence-corrected chi connectivity index (χ1v) is 3.25. The smallest absolute Gasteiger partial charge is 0.333 e. The standard InChI is InChI=1S/C6H8F6O/c1-13-3-6(11,12)5(9,10)2-4(7)8/h4H,2-3H2,1H3. The molecular weight excluding hydrogens is 202 g/mol. The van der Waals surface area contributed by atoms with Crippen LogP contribution in [0.4, 0.5) is 26.3 Å². The van der Waals surface area contributed by atoms with Gasteiger partial charge in [-0.25, -0.2) is 8.78 Å². The lowest BCUT2D eigenvalue weighted by Crippen LogP contribution is -2.45. The second kappa shape index (κ2) is 4.17. The molecule has 0 unspecified atom stereocenters. The van der Waals surface area contributed by atoms with Crippen molar-refractivity contribution in [2.45, 2.75) is 24.7 Å². The van der Waals surface area contributed by atoms with E-state index in [1.54, 1.807) is 0 Å². The summed E-state index contributed by atoms with van der Waals surface area (Å²) in [5.41, 5.74) is 0. The van der Waals surface area contributed by atoms with Gasteiger partial charge in [0.2, 0.25) is 6.43 Å². The number of methoxy groups -OCH3 is 1. The van der Waals surface area contributed by atoms with Gasteiger partial charge in [-0.1, -0.05) is 0 Å². The van der Waals surface area contributed by atoms with Gasteiger partial charge in [-0.15, -0.1) is 0 Å². The van der Waals surface area contributed by atoms with Crippen molar-refractivity contribution in [1.29, 1.82) is 0 Å². The van der Waals surface area contributed by atoms with Gasteiger partial charge in [-0.2, -0.15) is 17.6 Å². The fraction of sp³-hybridized carbons (Fsp3) is 1.00. The summed E-state index contributed by atoms with van der Waals surface area (Å²) in [6.07, 6.45) is -5.64. The molecule has 80 valence electrons. The Hall–Kier alpha value is -0.460. The average molecular weight is 210 g/mol. The average Bonchev–Trinajstić information content (AvgIpc) is 1.82. The molecule has 0 amide bonds. The lowest BCUT2D eigenvalue weighted by atomic mass is 10.1. The molecule has 0 radical (unpaired) electrons. The third-order valence-corrected chi connectivity index (χ3v) is 1.27. The molecule has 0 aliphatic carbocycles. The van der Waals surface area contributed by atoms with Gasteiger partial charge in [0.15, 0.2) is 0 Å². The molecule has 7 heteroatoms. The van der Waals surface area contributed by atoms with E-state index in [4.69, 9.17) is 0 Å². The van der Waals surface area contributed by atoms with Gasteiger partial charge in [0.25, 0.3) is 0 Å². The van der Waals surface area contributed by atoms with Crippen LogP contribution in [0.1, 0.15) is 6.42 Å². The quantitative estimate of drug-likeness (QED) is 0.633. The minimum atomic E-state index is -4.74. The zero-order valence-corrected chi connectivity index (χ0v) is 6.67. The highest BCUT2D eigenvalue weighted by atomic mass is 19.3. The van der Waals surface area contributed by atoms with E-state index in [0.717, 1.165) is 7.11 Å². The van der Waals surface area contributed by atoms with Crippen molar-refractivity contribution in [2.24, 2.45) is 0 Å². The number of ether oxygens (including phenoxy) is 1. The van der Waals surface area contributed by atoms with E-state index in [-0.39, 0.29) is 0 Å². The van der Waals surface area contributed by atoms with E-state index in [0.29, 0.717) is 0 Å². The maximum absolute atomic E-state index is 12.4. The van der Waals surface area contributed by atoms with Crippen LogP contribution in [-0.4, -0.2) is 32.0 Å². The van der Waals surface area contributed by atoms with Crippen molar-refractivity contribution in [3.63, 3.8) is 0 Å². The van der Waals surface area contributed by atoms with E-state index in [2.05, 4.69) is 4.74 Å². The van der Waals surface area contributed by atoms with Gasteiger partial charge in [-0.05, 0) is 0 Å². The SMILES string of the molecule is COCC(F)(F)C(F)(F)CC(F)F. The van der Waals surface area contributed by atoms with Gasteiger partial charge in [0.05, 0.1) is 6.42 Å². The van der Waals surface area contributed by atoms with Crippen molar-refractivity contribution < 1.29 is 31.1 Å². The van der Waals surface area contributed by atoms with Gasteiger partial charge in [-0.3, -0.25) is 0 Å². The Balaban J connectivity index is 4.40. The molecule has 0 aromatic rings. The Bertz CT molecular complexity index is 157. The molecule has 0 aromatic carbocycles. The number of halogens is 6. The zero-order chi connectivity index (χ0) is 10.7. The maximum Gasteiger partial charge on any atom is 0.333 e. The van der Waals surface area contributed by atoms with Crippen LogP contribution in [0.3, 0.4) is 0 Å². The summed E-state index contributed by atoms with van der Waals surface area (Å²) in [4.78, 5) is 0. The number of hydrogen-bond donors (Lipinski definition) is 0. The van der Waals surface area contributed by atoms with Crippen LogP contribution in [0.25, 0.3) is 0 Å². The summed E-state index contributed by atoms with van der Waals surface area (Å²) >= 11 is 0. The van der Waals surface area contributed by atoms with Crippen LogP contribution in [0.15, 0.2) is 0 Å². The first kappa shape index (κ1) is 12.5. The Morgan fingerprint density at radius 3 is 1.85 bits per heavy atom. The summed E-state index contributed by atoms with van der Waals surface area (Å²) in [6.45, 7) is -1.58. The molecule has 0 N–H and O–H groups in total. The molecule has 0 saturated carbocycles. The van der Waals surface area contributed by atoms with E-state index in [1.807, 2.05) is 0 Å². The molecule has 0 aromatic heterocycles. The van der Waals surface area contributed by atoms with Crippen LogP contribution in [0.5, 0.6) is 0 Å². The third kappa shape index (κ3) is 3.41. The van der Waals surface area contributed by atoms with Crippen molar-refractivity contribution in [3.8, 4) is 0 Å². The van der Waals surface area contributed by atoms with Crippen LogP contribution >= 0.6 is 0 Å².